The topological polar surface area (TPSA) is 77.9 Å². The maximum atomic E-state index is 12.7. The third-order valence-electron chi connectivity index (χ3n) is 4.16. The lowest BCUT2D eigenvalue weighted by Crippen LogP contribution is -2.48. The maximum absolute atomic E-state index is 12.7. The average molecular weight is 395 g/mol. The van der Waals surface area contributed by atoms with Gasteiger partial charge in [0.1, 0.15) is 0 Å². The highest BCUT2D eigenvalue weighted by Gasteiger charge is 2.32. The molecule has 1 aromatic rings. The molecule has 0 amide bonds. The van der Waals surface area contributed by atoms with Crippen molar-refractivity contribution in [3.05, 3.63) is 28.2 Å². The van der Waals surface area contributed by atoms with Crippen molar-refractivity contribution in [3.8, 4) is 0 Å². The van der Waals surface area contributed by atoms with Gasteiger partial charge in [0.05, 0.1) is 11.4 Å². The van der Waals surface area contributed by atoms with Gasteiger partial charge in [-0.3, -0.25) is 9.69 Å². The monoisotopic (exact) mass is 394 g/mol. The van der Waals surface area contributed by atoms with Crippen LogP contribution in [0.15, 0.2) is 23.1 Å². The van der Waals surface area contributed by atoms with Gasteiger partial charge in [0, 0.05) is 29.2 Å². The average Bonchev–Trinajstić information content (AvgIpc) is 2.51. The Morgan fingerprint density at radius 3 is 2.25 bits per heavy atom. The summed E-state index contributed by atoms with van der Waals surface area (Å²) in [4.78, 5) is 12.9. The standard InChI is InChI=1S/C15H20Cl2N2O4S/c1-2-18(10-15(20)21)13-3-5-19(6-4-13)24(22,23)14-8-11(16)7-12(17)9-14/h7-9,13H,2-6,10H2,1H3,(H,20,21). The van der Waals surface area contributed by atoms with Gasteiger partial charge in [0.15, 0.2) is 0 Å². The van der Waals surface area contributed by atoms with Crippen LogP contribution in [0.25, 0.3) is 0 Å². The van der Waals surface area contributed by atoms with Gasteiger partial charge in [-0.25, -0.2) is 8.42 Å². The summed E-state index contributed by atoms with van der Waals surface area (Å²) < 4.78 is 26.8. The van der Waals surface area contributed by atoms with Crippen LogP contribution in [0.2, 0.25) is 10.0 Å². The lowest BCUT2D eigenvalue weighted by molar-refractivity contribution is -0.139. The zero-order chi connectivity index (χ0) is 17.9. The molecule has 0 bridgehead atoms. The second-order valence-corrected chi connectivity index (χ2v) is 8.51. The van der Waals surface area contributed by atoms with Crippen LogP contribution in [0.5, 0.6) is 0 Å². The molecule has 0 aromatic heterocycles. The minimum Gasteiger partial charge on any atom is -0.480 e. The summed E-state index contributed by atoms with van der Waals surface area (Å²) in [5.74, 6) is -0.875. The van der Waals surface area contributed by atoms with Crippen LogP contribution in [-0.4, -0.2) is 60.9 Å². The normalized spacial score (nSPS) is 17.3. The van der Waals surface area contributed by atoms with E-state index in [2.05, 4.69) is 0 Å². The summed E-state index contributed by atoms with van der Waals surface area (Å²) in [6, 6.07) is 4.33. The largest absolute Gasteiger partial charge is 0.480 e. The van der Waals surface area contributed by atoms with Gasteiger partial charge in [0.2, 0.25) is 10.0 Å². The molecule has 1 aliphatic rings. The Hall–Kier alpha value is -0.860. The Bertz CT molecular complexity index is 683. The van der Waals surface area contributed by atoms with E-state index in [4.69, 9.17) is 28.3 Å². The van der Waals surface area contributed by atoms with E-state index in [1.54, 1.807) is 0 Å². The highest BCUT2D eigenvalue weighted by Crippen LogP contribution is 2.27. The smallest absolute Gasteiger partial charge is 0.317 e. The van der Waals surface area contributed by atoms with E-state index >= 15 is 0 Å². The summed E-state index contributed by atoms with van der Waals surface area (Å²) in [5.41, 5.74) is 0. The Labute approximate surface area is 152 Å². The molecule has 1 heterocycles. The zero-order valence-electron chi connectivity index (χ0n) is 13.3. The summed E-state index contributed by atoms with van der Waals surface area (Å²) in [5, 5.41) is 9.50. The Morgan fingerprint density at radius 2 is 1.79 bits per heavy atom. The summed E-state index contributed by atoms with van der Waals surface area (Å²) in [6.45, 7) is 3.17. The van der Waals surface area contributed by atoms with Crippen molar-refractivity contribution in [1.29, 1.82) is 0 Å². The molecule has 9 heteroatoms. The predicted molar refractivity (Wildman–Crippen MR) is 93.1 cm³/mol. The van der Waals surface area contributed by atoms with Crippen LogP contribution < -0.4 is 0 Å². The van der Waals surface area contributed by atoms with Crippen molar-refractivity contribution in [2.24, 2.45) is 0 Å². The maximum Gasteiger partial charge on any atom is 0.317 e. The van der Waals surface area contributed by atoms with Gasteiger partial charge < -0.3 is 5.11 Å². The van der Waals surface area contributed by atoms with Crippen molar-refractivity contribution in [3.63, 3.8) is 0 Å². The van der Waals surface area contributed by atoms with Gasteiger partial charge in [-0.15, -0.1) is 0 Å². The molecule has 1 saturated heterocycles. The number of sulfonamides is 1. The number of carbonyl (C=O) groups is 1. The first-order valence-corrected chi connectivity index (χ1v) is 9.85. The van der Waals surface area contributed by atoms with Crippen LogP contribution in [0, 0.1) is 0 Å². The first kappa shape index (κ1) is 19.5. The van der Waals surface area contributed by atoms with Gasteiger partial charge in [0.25, 0.3) is 0 Å². The van der Waals surface area contributed by atoms with Crippen molar-refractivity contribution < 1.29 is 18.3 Å². The van der Waals surface area contributed by atoms with Crippen molar-refractivity contribution in [2.75, 3.05) is 26.2 Å². The number of halogens is 2. The first-order valence-electron chi connectivity index (χ1n) is 7.66. The molecule has 1 aliphatic heterocycles. The van der Waals surface area contributed by atoms with Crippen molar-refractivity contribution in [2.45, 2.75) is 30.7 Å². The Balaban J connectivity index is 2.09. The lowest BCUT2D eigenvalue weighted by atomic mass is 10.0. The molecule has 0 spiro atoms. The molecule has 0 aliphatic carbocycles. The highest BCUT2D eigenvalue weighted by molar-refractivity contribution is 7.89. The van der Waals surface area contributed by atoms with E-state index < -0.39 is 16.0 Å². The number of carboxylic acid groups (broad SMARTS) is 1. The fourth-order valence-corrected chi connectivity index (χ4v) is 5.14. The van der Waals surface area contributed by atoms with Crippen LogP contribution >= 0.6 is 23.2 Å². The Kier molecular flexibility index (Phi) is 6.50. The quantitative estimate of drug-likeness (QED) is 0.801. The molecule has 1 fully saturated rings. The molecule has 1 N–H and O–H groups in total. The molecule has 0 unspecified atom stereocenters. The second kappa shape index (κ2) is 8.01. The number of piperidine rings is 1. The zero-order valence-corrected chi connectivity index (χ0v) is 15.6. The number of likely N-dealkylation sites (N-methyl/N-ethyl adjacent to an activating group) is 1. The molecule has 2 rings (SSSR count). The van der Waals surface area contributed by atoms with E-state index in [1.165, 1.54) is 22.5 Å². The molecule has 0 atom stereocenters. The number of carboxylic acids is 1. The number of aliphatic carboxylic acids is 1. The number of hydrogen-bond acceptors (Lipinski definition) is 4. The number of benzene rings is 1. The third-order valence-corrected chi connectivity index (χ3v) is 6.47. The molecule has 0 radical (unpaired) electrons. The fraction of sp³-hybridized carbons (Fsp3) is 0.533. The predicted octanol–water partition coefficient (Wildman–Crippen LogP) is 2.55. The van der Waals surface area contributed by atoms with Crippen molar-refractivity contribution >= 4 is 39.2 Å². The molecule has 134 valence electrons. The summed E-state index contributed by atoms with van der Waals surface area (Å²) in [7, 11) is -3.66. The number of rotatable bonds is 6. The van der Waals surface area contributed by atoms with Crippen LogP contribution in [0.4, 0.5) is 0 Å². The third kappa shape index (κ3) is 4.61. The molecule has 6 nitrogen and oxygen atoms in total. The number of hydrogen-bond donors (Lipinski definition) is 1. The molecule has 1 aromatic carbocycles. The summed E-state index contributed by atoms with van der Waals surface area (Å²) >= 11 is 11.8. The fourth-order valence-electron chi connectivity index (χ4n) is 2.95. The van der Waals surface area contributed by atoms with E-state index in [9.17, 15) is 13.2 Å². The highest BCUT2D eigenvalue weighted by atomic mass is 35.5. The minimum atomic E-state index is -3.66. The van der Waals surface area contributed by atoms with Gasteiger partial charge in [-0.05, 0) is 37.6 Å². The van der Waals surface area contributed by atoms with Crippen LogP contribution in [0.3, 0.4) is 0 Å². The van der Waals surface area contributed by atoms with Gasteiger partial charge in [-0.1, -0.05) is 30.1 Å². The van der Waals surface area contributed by atoms with E-state index in [-0.39, 0.29) is 27.5 Å². The van der Waals surface area contributed by atoms with E-state index in [0.717, 1.165) is 0 Å². The van der Waals surface area contributed by atoms with E-state index in [1.807, 2.05) is 11.8 Å². The number of nitrogens with zero attached hydrogens (tertiary/aromatic N) is 2. The van der Waals surface area contributed by atoms with Crippen LogP contribution in [-0.2, 0) is 14.8 Å². The minimum absolute atomic E-state index is 0.0299. The lowest BCUT2D eigenvalue weighted by Gasteiger charge is -2.36. The SMILES string of the molecule is CCN(CC(=O)O)C1CCN(S(=O)(=O)c2cc(Cl)cc(Cl)c2)CC1. The van der Waals surface area contributed by atoms with Gasteiger partial charge in [-0.2, -0.15) is 4.31 Å². The molecular formula is C15H20Cl2N2O4S. The molecular weight excluding hydrogens is 375 g/mol. The van der Waals surface area contributed by atoms with E-state index in [0.29, 0.717) is 32.5 Å². The Morgan fingerprint density at radius 1 is 1.25 bits per heavy atom. The second-order valence-electron chi connectivity index (χ2n) is 5.70. The molecule has 0 saturated carbocycles. The van der Waals surface area contributed by atoms with Gasteiger partial charge >= 0.3 is 5.97 Å². The van der Waals surface area contributed by atoms with Crippen molar-refractivity contribution in [1.82, 2.24) is 9.21 Å². The summed E-state index contributed by atoms with van der Waals surface area (Å²) in [6.07, 6.45) is 1.18. The first-order chi connectivity index (χ1) is 11.2. The molecule has 24 heavy (non-hydrogen) atoms. The van der Waals surface area contributed by atoms with Crippen LogP contribution in [0.1, 0.15) is 19.8 Å².